The van der Waals surface area contributed by atoms with Gasteiger partial charge in [0.2, 0.25) is 10.0 Å². The number of unbranched alkanes of at least 4 members (excludes halogenated alkanes) is 1. The number of amides is 1. The molecule has 0 saturated heterocycles. The average molecular weight is 657 g/mol. The molecule has 9 heteroatoms. The van der Waals surface area contributed by atoms with Gasteiger partial charge in [-0.05, 0) is 104 Å². The molecule has 1 fully saturated rings. The van der Waals surface area contributed by atoms with Crippen molar-refractivity contribution < 1.29 is 23.1 Å². The van der Waals surface area contributed by atoms with Gasteiger partial charge in [0.1, 0.15) is 5.75 Å². The number of hydrogen-bond donors (Lipinski definition) is 2. The fourth-order valence-electron chi connectivity index (χ4n) is 7.77. The van der Waals surface area contributed by atoms with Gasteiger partial charge in [0.05, 0.1) is 24.2 Å². The highest BCUT2D eigenvalue weighted by Crippen LogP contribution is 2.44. The van der Waals surface area contributed by atoms with Crippen LogP contribution in [-0.4, -0.2) is 51.0 Å². The number of aryl methyl sites for hydroxylation is 1. The number of carbonyl (C=O) groups is 1. The van der Waals surface area contributed by atoms with Gasteiger partial charge in [0, 0.05) is 29.1 Å². The van der Waals surface area contributed by atoms with Crippen molar-refractivity contribution in [2.24, 2.45) is 17.8 Å². The molecule has 7 nitrogen and oxygen atoms in total. The van der Waals surface area contributed by atoms with E-state index < -0.39 is 27.3 Å². The Kier molecular flexibility index (Phi) is 10.6. The van der Waals surface area contributed by atoms with E-state index in [2.05, 4.69) is 28.7 Å². The van der Waals surface area contributed by atoms with Crippen LogP contribution in [0.5, 0.6) is 5.75 Å². The number of hydrogen-bond acceptors (Lipinski definition) is 6. The first kappa shape index (κ1) is 33.8. The quantitative estimate of drug-likeness (QED) is 0.324. The number of carbonyl (C=O) groups excluding carboxylic acids is 1. The molecule has 1 saturated carbocycles. The number of anilines is 1. The largest absolute Gasteiger partial charge is 0.495 e. The molecule has 3 aliphatic rings. The summed E-state index contributed by atoms with van der Waals surface area (Å²) in [4.78, 5) is 15.9. The minimum atomic E-state index is -3.96. The molecule has 0 radical (unpaired) electrons. The van der Waals surface area contributed by atoms with Gasteiger partial charge in [-0.1, -0.05) is 63.4 Å². The van der Waals surface area contributed by atoms with E-state index in [4.69, 9.17) is 16.3 Å². The van der Waals surface area contributed by atoms with Gasteiger partial charge in [0.25, 0.3) is 5.91 Å². The lowest BCUT2D eigenvalue weighted by Crippen LogP contribution is -2.48. The fraction of sp³-hybridized carbons (Fsp3) is 0.583. The molecule has 246 valence electrons. The number of methoxy groups -OCH3 is 1. The van der Waals surface area contributed by atoms with Crippen molar-refractivity contribution in [2.45, 2.75) is 95.3 Å². The Morgan fingerprint density at radius 1 is 1.18 bits per heavy atom. The van der Waals surface area contributed by atoms with Crippen molar-refractivity contribution >= 4 is 33.2 Å². The first-order valence-corrected chi connectivity index (χ1v) is 18.5. The molecule has 1 aliphatic heterocycles. The first-order chi connectivity index (χ1) is 21.5. The highest BCUT2D eigenvalue weighted by Gasteiger charge is 2.40. The lowest BCUT2D eigenvalue weighted by molar-refractivity contribution is 0.0456. The maximum atomic E-state index is 13.7. The van der Waals surface area contributed by atoms with E-state index in [9.17, 15) is 18.3 Å². The van der Waals surface area contributed by atoms with Crippen molar-refractivity contribution in [3.05, 3.63) is 70.3 Å². The lowest BCUT2D eigenvalue weighted by atomic mass is 9.68. The molecule has 45 heavy (non-hydrogen) atoms. The van der Waals surface area contributed by atoms with E-state index in [1.807, 2.05) is 32.1 Å². The molecule has 2 aliphatic carbocycles. The summed E-state index contributed by atoms with van der Waals surface area (Å²) < 4.78 is 35.6. The van der Waals surface area contributed by atoms with Gasteiger partial charge in [-0.3, -0.25) is 4.79 Å². The molecule has 1 heterocycles. The van der Waals surface area contributed by atoms with Crippen molar-refractivity contribution in [1.29, 1.82) is 0 Å². The summed E-state index contributed by atoms with van der Waals surface area (Å²) in [5.74, 6) is 0.139. The summed E-state index contributed by atoms with van der Waals surface area (Å²) in [5.41, 5.74) is 3.39. The number of aliphatic hydroxyl groups excluding tert-OH is 1. The van der Waals surface area contributed by atoms with Crippen LogP contribution in [0, 0.1) is 17.8 Å². The number of nitrogens with one attached hydrogen (secondary N) is 1. The predicted octanol–water partition coefficient (Wildman–Crippen LogP) is 7.05. The van der Waals surface area contributed by atoms with Crippen LogP contribution >= 0.6 is 11.6 Å². The number of halogens is 1. The van der Waals surface area contributed by atoms with Crippen LogP contribution < -0.4 is 14.4 Å². The third-order valence-electron chi connectivity index (χ3n) is 10.5. The van der Waals surface area contributed by atoms with Crippen LogP contribution in [0.3, 0.4) is 0 Å². The van der Waals surface area contributed by atoms with Crippen LogP contribution in [0.4, 0.5) is 5.69 Å². The molecule has 5 rings (SSSR count). The Labute approximate surface area is 274 Å². The highest BCUT2D eigenvalue weighted by atomic mass is 35.5. The fourth-order valence-corrected chi connectivity index (χ4v) is 9.69. The SMILES string of the molecule is CCCC[C@@H]1[C@H](C)C/C=C/[C@H](O)[C@@H]2CC[C@H]2CN(C[C@]2(C)CCCc3cc(Cl)ccc32)c2cc(ccc2OC)C(=O)NS1(=O)=O. The van der Waals surface area contributed by atoms with Gasteiger partial charge < -0.3 is 14.7 Å². The minimum absolute atomic E-state index is 0.106. The molecule has 6 atom stereocenters. The molecular weight excluding hydrogens is 608 g/mol. The van der Waals surface area contributed by atoms with Crippen LogP contribution in [0.15, 0.2) is 48.6 Å². The molecular formula is C36H49ClN2O5S. The van der Waals surface area contributed by atoms with Crippen molar-refractivity contribution in [3.63, 3.8) is 0 Å². The zero-order valence-corrected chi connectivity index (χ0v) is 28.7. The van der Waals surface area contributed by atoms with E-state index in [1.54, 1.807) is 25.3 Å². The minimum Gasteiger partial charge on any atom is -0.495 e. The summed E-state index contributed by atoms with van der Waals surface area (Å²) >= 11 is 6.39. The average Bonchev–Trinajstić information content (AvgIpc) is 2.97. The standard InChI is InChI=1S/C36H49ClN2O5S/c1-5-6-12-34-24(2)9-7-11-32(40)29-16-13-27(29)22-39(23-36(3)19-8-10-25-20-28(37)15-17-30(25)36)31-21-26(14-18-33(31)44-4)35(41)38-45(34,42)43/h7,11,14-15,17-18,20-21,24,27,29,32,34,40H,5-6,8-10,12-13,16,19,22-23H2,1-4H3,(H,38,41)/b11-7+/t24-,27+,29-,32+,34-,36+/m1/s1. The number of aliphatic hydroxyl groups is 1. The van der Waals surface area contributed by atoms with Gasteiger partial charge in [0.15, 0.2) is 0 Å². The van der Waals surface area contributed by atoms with E-state index >= 15 is 0 Å². The maximum absolute atomic E-state index is 13.7. The van der Waals surface area contributed by atoms with Crippen LogP contribution in [0.2, 0.25) is 5.02 Å². The zero-order valence-electron chi connectivity index (χ0n) is 27.1. The van der Waals surface area contributed by atoms with Crippen LogP contribution in [0.25, 0.3) is 0 Å². The molecule has 2 bridgehead atoms. The second-order valence-electron chi connectivity index (χ2n) is 13.8. The lowest BCUT2D eigenvalue weighted by Gasteiger charge is -2.46. The number of ether oxygens (including phenoxy) is 1. The third kappa shape index (κ3) is 7.39. The molecule has 2 N–H and O–H groups in total. The smallest absolute Gasteiger partial charge is 0.264 e. The second kappa shape index (κ2) is 14.1. The van der Waals surface area contributed by atoms with E-state index in [1.165, 1.54) is 11.1 Å². The normalized spacial score (nSPS) is 30.8. The summed E-state index contributed by atoms with van der Waals surface area (Å²) in [7, 11) is -2.34. The van der Waals surface area contributed by atoms with Gasteiger partial charge >= 0.3 is 0 Å². The summed E-state index contributed by atoms with van der Waals surface area (Å²) in [5, 5.41) is 11.3. The number of rotatable bonds is 6. The first-order valence-electron chi connectivity index (χ1n) is 16.6. The summed E-state index contributed by atoms with van der Waals surface area (Å²) in [6.45, 7) is 7.59. The summed E-state index contributed by atoms with van der Waals surface area (Å²) in [6, 6.07) is 11.4. The Morgan fingerprint density at radius 3 is 2.69 bits per heavy atom. The Morgan fingerprint density at radius 2 is 1.98 bits per heavy atom. The predicted molar refractivity (Wildman–Crippen MR) is 182 cm³/mol. The van der Waals surface area contributed by atoms with E-state index in [-0.39, 0.29) is 28.7 Å². The van der Waals surface area contributed by atoms with E-state index in [0.717, 1.165) is 55.7 Å². The van der Waals surface area contributed by atoms with Gasteiger partial charge in [-0.15, -0.1) is 0 Å². The number of sulfonamides is 1. The molecule has 1 amide bonds. The molecule has 2 aromatic carbocycles. The number of fused-ring (bicyclic) bond motifs is 4. The highest BCUT2D eigenvalue weighted by molar-refractivity contribution is 7.90. The number of nitrogens with zero attached hydrogens (tertiary/aromatic N) is 1. The molecule has 0 aromatic heterocycles. The van der Waals surface area contributed by atoms with Crippen molar-refractivity contribution in [2.75, 3.05) is 25.1 Å². The third-order valence-corrected chi connectivity index (χ3v) is 12.7. The molecule has 0 spiro atoms. The Hall–Kier alpha value is -2.55. The number of benzene rings is 2. The van der Waals surface area contributed by atoms with Crippen LogP contribution in [0.1, 0.15) is 93.6 Å². The molecule has 2 aromatic rings. The van der Waals surface area contributed by atoms with Crippen LogP contribution in [-0.2, 0) is 21.9 Å². The Bertz CT molecular complexity index is 1510. The number of allylic oxidation sites excluding steroid dienone is 1. The van der Waals surface area contributed by atoms with Gasteiger partial charge in [-0.2, -0.15) is 0 Å². The zero-order chi connectivity index (χ0) is 32.4. The van der Waals surface area contributed by atoms with Crippen molar-refractivity contribution in [1.82, 2.24) is 4.72 Å². The Balaban J connectivity index is 1.58. The topological polar surface area (TPSA) is 95.9 Å². The molecule has 0 unspecified atom stereocenters. The maximum Gasteiger partial charge on any atom is 0.264 e. The van der Waals surface area contributed by atoms with E-state index in [0.29, 0.717) is 31.7 Å². The second-order valence-corrected chi connectivity index (χ2v) is 16.1. The summed E-state index contributed by atoms with van der Waals surface area (Å²) in [6.07, 6.45) is 10.7. The van der Waals surface area contributed by atoms with Crippen molar-refractivity contribution in [3.8, 4) is 5.75 Å². The monoisotopic (exact) mass is 656 g/mol. The van der Waals surface area contributed by atoms with Gasteiger partial charge in [-0.25, -0.2) is 13.1 Å².